The van der Waals surface area contributed by atoms with Crippen LogP contribution in [-0.4, -0.2) is 0 Å². The molecule has 0 atom stereocenters. The van der Waals surface area contributed by atoms with E-state index in [9.17, 15) is 0 Å². The van der Waals surface area contributed by atoms with Crippen molar-refractivity contribution in [3.8, 4) is 33.4 Å². The minimum atomic E-state index is -0.106. The molecule has 0 unspecified atom stereocenters. The van der Waals surface area contributed by atoms with Crippen molar-refractivity contribution in [1.29, 1.82) is 0 Å². The van der Waals surface area contributed by atoms with Gasteiger partial charge in [0.2, 0.25) is 0 Å². The lowest BCUT2D eigenvalue weighted by atomic mass is 9.79. The van der Waals surface area contributed by atoms with Crippen molar-refractivity contribution < 1.29 is 0 Å². The Labute approximate surface area is 303 Å². The van der Waals surface area contributed by atoms with Crippen LogP contribution in [0.15, 0.2) is 152 Å². The predicted octanol–water partition coefficient (Wildman–Crippen LogP) is 12.5. The molecule has 0 bridgehead atoms. The van der Waals surface area contributed by atoms with Crippen LogP contribution in [0.4, 0.5) is 17.1 Å². The standard InChI is InChI=1S/C49H37NS/c1-49(2)41-25-10-8-21-38(41)39-24-13-23-37(48(39)49)34-18-12-19-35(31-34)50(42-26-14-28-45-47(42)40-22-9-11-27-44(40)51-45)43-30-29-32-15-6-7-20-36(32)46(43)33-16-4-3-5-17-33/h3-5,8-31H,6-7H2,1-2H3. The van der Waals surface area contributed by atoms with E-state index in [1.54, 1.807) is 0 Å². The second-order valence-corrected chi connectivity index (χ2v) is 15.4. The van der Waals surface area contributed by atoms with E-state index in [0.717, 1.165) is 18.5 Å². The third kappa shape index (κ3) is 4.67. The van der Waals surface area contributed by atoms with Crippen LogP contribution in [0.1, 0.15) is 37.8 Å². The number of rotatable bonds is 5. The molecule has 0 saturated heterocycles. The third-order valence-electron chi connectivity index (χ3n) is 11.1. The van der Waals surface area contributed by atoms with E-state index in [1.165, 1.54) is 86.5 Å². The first kappa shape index (κ1) is 30.2. The van der Waals surface area contributed by atoms with Crippen LogP contribution in [0.3, 0.4) is 0 Å². The Kier molecular flexibility index (Phi) is 6.91. The van der Waals surface area contributed by atoms with Gasteiger partial charge in [-0.05, 0) is 98.6 Å². The summed E-state index contributed by atoms with van der Waals surface area (Å²) in [7, 11) is 0. The smallest absolute Gasteiger partial charge is 0.0555 e. The Morgan fingerprint density at radius 2 is 1.25 bits per heavy atom. The van der Waals surface area contributed by atoms with Crippen molar-refractivity contribution in [2.24, 2.45) is 0 Å². The summed E-state index contributed by atoms with van der Waals surface area (Å²) in [5.74, 6) is 0. The molecule has 0 saturated carbocycles. The van der Waals surface area contributed by atoms with Crippen molar-refractivity contribution in [1.82, 2.24) is 0 Å². The van der Waals surface area contributed by atoms with E-state index in [2.05, 4.69) is 183 Å². The van der Waals surface area contributed by atoms with Crippen molar-refractivity contribution in [2.75, 3.05) is 4.90 Å². The topological polar surface area (TPSA) is 3.24 Å². The maximum Gasteiger partial charge on any atom is 0.0555 e. The zero-order valence-electron chi connectivity index (χ0n) is 28.9. The monoisotopic (exact) mass is 671 g/mol. The highest BCUT2D eigenvalue weighted by Gasteiger charge is 2.37. The minimum absolute atomic E-state index is 0.106. The first-order valence-electron chi connectivity index (χ1n) is 18.0. The fourth-order valence-electron chi connectivity index (χ4n) is 8.83. The van der Waals surface area contributed by atoms with Gasteiger partial charge in [-0.1, -0.05) is 141 Å². The normalized spacial score (nSPS) is 14.0. The fourth-order valence-corrected chi connectivity index (χ4v) is 9.96. The number of hydrogen-bond donors (Lipinski definition) is 0. The zero-order valence-corrected chi connectivity index (χ0v) is 29.7. The highest BCUT2D eigenvalue weighted by atomic mass is 32.1. The van der Waals surface area contributed by atoms with Gasteiger partial charge in [0.1, 0.15) is 0 Å². The highest BCUT2D eigenvalue weighted by molar-refractivity contribution is 7.26. The van der Waals surface area contributed by atoms with Gasteiger partial charge < -0.3 is 4.90 Å². The summed E-state index contributed by atoms with van der Waals surface area (Å²) < 4.78 is 2.61. The lowest BCUT2D eigenvalue weighted by molar-refractivity contribution is 0.662. The summed E-state index contributed by atoms with van der Waals surface area (Å²) >= 11 is 1.88. The molecule has 0 spiro atoms. The van der Waals surface area contributed by atoms with Crippen molar-refractivity contribution in [3.63, 3.8) is 0 Å². The molecule has 2 aliphatic rings. The molecule has 0 amide bonds. The molecular formula is C49H37NS. The van der Waals surface area contributed by atoms with Gasteiger partial charge in [0, 0.05) is 36.8 Å². The summed E-state index contributed by atoms with van der Waals surface area (Å²) in [6.07, 6.45) is 6.98. The average Bonchev–Trinajstić information content (AvgIpc) is 3.68. The first-order valence-corrected chi connectivity index (χ1v) is 18.8. The van der Waals surface area contributed by atoms with E-state index in [1.807, 2.05) is 11.3 Å². The van der Waals surface area contributed by atoms with E-state index < -0.39 is 0 Å². The molecule has 0 fully saturated rings. The van der Waals surface area contributed by atoms with E-state index in [0.29, 0.717) is 0 Å². The van der Waals surface area contributed by atoms with Crippen LogP contribution in [0, 0.1) is 0 Å². The lowest BCUT2D eigenvalue weighted by Crippen LogP contribution is -2.30. The number of hydrogen-bond acceptors (Lipinski definition) is 2. The molecule has 0 radical (unpaired) electrons. The molecule has 0 aliphatic heterocycles. The van der Waals surface area contributed by atoms with Gasteiger partial charge in [0.15, 0.2) is 0 Å². The molecule has 7 aromatic carbocycles. The molecule has 1 heterocycles. The van der Waals surface area contributed by atoms with E-state index in [-0.39, 0.29) is 5.41 Å². The molecule has 2 heteroatoms. The average molecular weight is 672 g/mol. The van der Waals surface area contributed by atoms with Crippen LogP contribution < -0.4 is 15.3 Å². The number of thiophene rings is 1. The molecule has 1 aromatic heterocycles. The molecule has 1 nitrogen and oxygen atoms in total. The van der Waals surface area contributed by atoms with E-state index in [4.69, 9.17) is 0 Å². The molecule has 2 aliphatic carbocycles. The van der Waals surface area contributed by atoms with Crippen LogP contribution >= 0.6 is 11.3 Å². The Morgan fingerprint density at radius 3 is 2.18 bits per heavy atom. The maximum absolute atomic E-state index is 2.54. The Bertz CT molecular complexity index is 2790. The zero-order chi connectivity index (χ0) is 34.1. The SMILES string of the molecule is CC1(C)c2ccccc2-c2cccc(-c3cccc(N(c4ccc5c(c4-c4ccccc4)=CCCC=5)c4cccc5sc6ccccc6c45)c3)c21. The molecule has 10 rings (SSSR count). The molecule has 8 aromatic rings. The number of benzene rings is 7. The number of anilines is 3. The van der Waals surface area contributed by atoms with Crippen molar-refractivity contribution >= 4 is 60.7 Å². The van der Waals surface area contributed by atoms with Crippen molar-refractivity contribution in [3.05, 3.63) is 173 Å². The first-order chi connectivity index (χ1) is 25.1. The predicted molar refractivity (Wildman–Crippen MR) is 220 cm³/mol. The van der Waals surface area contributed by atoms with Gasteiger partial charge in [-0.25, -0.2) is 0 Å². The Hall–Kier alpha value is -5.70. The van der Waals surface area contributed by atoms with Crippen LogP contribution in [0.25, 0.3) is 65.7 Å². The Morgan fingerprint density at radius 1 is 0.549 bits per heavy atom. The second kappa shape index (κ2) is 11.7. The number of fused-ring (bicyclic) bond motifs is 7. The van der Waals surface area contributed by atoms with E-state index >= 15 is 0 Å². The summed E-state index contributed by atoms with van der Waals surface area (Å²) in [4.78, 5) is 2.54. The van der Waals surface area contributed by atoms with Gasteiger partial charge in [-0.15, -0.1) is 11.3 Å². The summed E-state index contributed by atoms with van der Waals surface area (Å²) in [5, 5.41) is 5.24. The van der Waals surface area contributed by atoms with Crippen LogP contribution in [0.2, 0.25) is 0 Å². The van der Waals surface area contributed by atoms with Crippen molar-refractivity contribution in [2.45, 2.75) is 32.1 Å². The lowest BCUT2D eigenvalue weighted by Gasteiger charge is -2.30. The van der Waals surface area contributed by atoms with Gasteiger partial charge in [0.05, 0.1) is 11.4 Å². The molecule has 0 N–H and O–H groups in total. The van der Waals surface area contributed by atoms with Crippen LogP contribution in [0.5, 0.6) is 0 Å². The maximum atomic E-state index is 2.54. The minimum Gasteiger partial charge on any atom is -0.309 e. The van der Waals surface area contributed by atoms with Gasteiger partial charge in [-0.3, -0.25) is 0 Å². The largest absolute Gasteiger partial charge is 0.309 e. The highest BCUT2D eigenvalue weighted by Crippen LogP contribution is 2.53. The van der Waals surface area contributed by atoms with Crippen LogP contribution in [-0.2, 0) is 5.41 Å². The third-order valence-corrected chi connectivity index (χ3v) is 12.2. The van der Waals surface area contributed by atoms with Gasteiger partial charge in [0.25, 0.3) is 0 Å². The molecular weight excluding hydrogens is 635 g/mol. The Balaban J connectivity index is 1.27. The van der Waals surface area contributed by atoms with Gasteiger partial charge in [-0.2, -0.15) is 0 Å². The quantitative estimate of drug-likeness (QED) is 0.176. The molecule has 51 heavy (non-hydrogen) atoms. The van der Waals surface area contributed by atoms with Gasteiger partial charge >= 0.3 is 0 Å². The second-order valence-electron chi connectivity index (χ2n) is 14.3. The summed E-state index contributed by atoms with van der Waals surface area (Å²) in [6.45, 7) is 4.76. The summed E-state index contributed by atoms with van der Waals surface area (Å²) in [6, 6.07) is 56.4. The molecule has 244 valence electrons. The fraction of sp³-hybridized carbons (Fsp3) is 0.102. The number of nitrogens with zero attached hydrogens (tertiary/aromatic N) is 1. The summed E-state index contributed by atoms with van der Waals surface area (Å²) in [5.41, 5.74) is 14.0.